The lowest BCUT2D eigenvalue weighted by Gasteiger charge is -2.42. The van der Waals surface area contributed by atoms with Gasteiger partial charge in [0.2, 0.25) is 0 Å². The summed E-state index contributed by atoms with van der Waals surface area (Å²) >= 11 is 0. The largest absolute Gasteiger partial charge is 0.478 e. The Kier molecular flexibility index (Phi) is 4.57. The Morgan fingerprint density at radius 1 is 1.10 bits per heavy atom. The van der Waals surface area contributed by atoms with Gasteiger partial charge in [-0.2, -0.15) is 5.10 Å². The van der Waals surface area contributed by atoms with Crippen LogP contribution in [0.5, 0.6) is 5.88 Å². The Hall–Kier alpha value is -3.49. The number of hydrogen-bond acceptors (Lipinski definition) is 7. The number of fused-ring (bicyclic) bond motifs is 2. The molecule has 0 aromatic carbocycles. The minimum atomic E-state index is -0.0209. The van der Waals surface area contributed by atoms with Crippen LogP contribution in [0.2, 0.25) is 0 Å². The SMILES string of the molecule is COc1ncc(C)nc1N1C2CCC1CN(C(=O)c1cccnc1-n1cccn1)C2. The molecule has 0 radical (unpaired) electrons. The zero-order chi connectivity index (χ0) is 20.7. The molecule has 2 aliphatic rings. The molecule has 2 fully saturated rings. The van der Waals surface area contributed by atoms with Crippen molar-refractivity contribution in [1.29, 1.82) is 0 Å². The van der Waals surface area contributed by atoms with Crippen molar-refractivity contribution in [3.63, 3.8) is 0 Å². The van der Waals surface area contributed by atoms with Crippen molar-refractivity contribution >= 4 is 11.7 Å². The highest BCUT2D eigenvalue weighted by Crippen LogP contribution is 2.38. The highest BCUT2D eigenvalue weighted by molar-refractivity contribution is 5.97. The molecule has 9 nitrogen and oxygen atoms in total. The number of pyridine rings is 1. The predicted molar refractivity (Wildman–Crippen MR) is 110 cm³/mol. The number of carbonyl (C=O) groups excluding carboxylic acids is 1. The molecular weight excluding hydrogens is 382 g/mol. The van der Waals surface area contributed by atoms with Gasteiger partial charge in [-0.1, -0.05) is 0 Å². The first-order valence-corrected chi connectivity index (χ1v) is 10.1. The Morgan fingerprint density at radius 3 is 2.60 bits per heavy atom. The van der Waals surface area contributed by atoms with Crippen LogP contribution < -0.4 is 9.64 Å². The lowest BCUT2D eigenvalue weighted by molar-refractivity contribution is 0.0716. The lowest BCUT2D eigenvalue weighted by Crippen LogP contribution is -2.56. The van der Waals surface area contributed by atoms with E-state index in [1.165, 1.54) is 0 Å². The smallest absolute Gasteiger partial charge is 0.257 e. The molecule has 5 heterocycles. The third-order valence-corrected chi connectivity index (χ3v) is 5.79. The third kappa shape index (κ3) is 3.06. The summed E-state index contributed by atoms with van der Waals surface area (Å²) in [4.78, 5) is 31.1. The van der Waals surface area contributed by atoms with Gasteiger partial charge in [-0.3, -0.25) is 4.79 Å². The van der Waals surface area contributed by atoms with Gasteiger partial charge in [0.1, 0.15) is 0 Å². The van der Waals surface area contributed by atoms with Gasteiger partial charge in [0.05, 0.1) is 24.6 Å². The van der Waals surface area contributed by atoms with Crippen LogP contribution >= 0.6 is 0 Å². The molecular formula is C21H23N7O2. The average Bonchev–Trinajstić information content (AvgIpc) is 3.39. The number of rotatable bonds is 4. The number of carbonyl (C=O) groups is 1. The minimum absolute atomic E-state index is 0.0209. The maximum absolute atomic E-state index is 13.4. The zero-order valence-electron chi connectivity index (χ0n) is 17.0. The van der Waals surface area contributed by atoms with Crippen molar-refractivity contribution in [2.24, 2.45) is 0 Å². The molecule has 3 aromatic rings. The minimum Gasteiger partial charge on any atom is -0.478 e. The van der Waals surface area contributed by atoms with Crippen molar-refractivity contribution in [2.45, 2.75) is 31.8 Å². The monoisotopic (exact) mass is 405 g/mol. The van der Waals surface area contributed by atoms with E-state index in [1.807, 2.05) is 24.0 Å². The van der Waals surface area contributed by atoms with E-state index in [0.717, 1.165) is 24.4 Å². The van der Waals surface area contributed by atoms with Crippen LogP contribution in [0.15, 0.2) is 43.0 Å². The number of ether oxygens (including phenoxy) is 1. The van der Waals surface area contributed by atoms with Crippen LogP contribution in [0.3, 0.4) is 0 Å². The van der Waals surface area contributed by atoms with Crippen molar-refractivity contribution in [1.82, 2.24) is 29.6 Å². The first-order valence-electron chi connectivity index (χ1n) is 10.1. The maximum atomic E-state index is 13.4. The average molecular weight is 405 g/mol. The number of nitrogens with zero attached hydrogens (tertiary/aromatic N) is 7. The topological polar surface area (TPSA) is 89.3 Å². The number of likely N-dealkylation sites (tertiary alicyclic amines) is 1. The second-order valence-electron chi connectivity index (χ2n) is 7.67. The number of anilines is 1. The van der Waals surface area contributed by atoms with Gasteiger partial charge < -0.3 is 14.5 Å². The van der Waals surface area contributed by atoms with Gasteiger partial charge in [0, 0.05) is 43.8 Å². The molecule has 154 valence electrons. The van der Waals surface area contributed by atoms with E-state index in [-0.39, 0.29) is 18.0 Å². The van der Waals surface area contributed by atoms with Crippen LogP contribution in [0.1, 0.15) is 28.9 Å². The second-order valence-corrected chi connectivity index (χ2v) is 7.67. The number of aromatic nitrogens is 5. The molecule has 2 atom stereocenters. The van der Waals surface area contributed by atoms with E-state index >= 15 is 0 Å². The maximum Gasteiger partial charge on any atom is 0.257 e. The van der Waals surface area contributed by atoms with Gasteiger partial charge in [-0.25, -0.2) is 19.6 Å². The van der Waals surface area contributed by atoms with Crippen LogP contribution in [-0.2, 0) is 0 Å². The van der Waals surface area contributed by atoms with Crippen LogP contribution in [0.25, 0.3) is 5.82 Å². The Labute approximate surface area is 174 Å². The number of hydrogen-bond donors (Lipinski definition) is 0. The Morgan fingerprint density at radius 2 is 1.90 bits per heavy atom. The Balaban J connectivity index is 1.42. The zero-order valence-corrected chi connectivity index (χ0v) is 17.0. The fourth-order valence-corrected chi connectivity index (χ4v) is 4.49. The van der Waals surface area contributed by atoms with Gasteiger partial charge in [-0.15, -0.1) is 0 Å². The molecule has 30 heavy (non-hydrogen) atoms. The molecule has 0 spiro atoms. The van der Waals surface area contributed by atoms with E-state index in [9.17, 15) is 4.79 Å². The molecule has 1 amide bonds. The first kappa shape index (κ1) is 18.5. The third-order valence-electron chi connectivity index (χ3n) is 5.79. The van der Waals surface area contributed by atoms with Gasteiger partial charge in [0.25, 0.3) is 11.8 Å². The summed E-state index contributed by atoms with van der Waals surface area (Å²) in [6.45, 7) is 3.18. The molecule has 9 heteroatoms. The molecule has 2 unspecified atom stereocenters. The van der Waals surface area contributed by atoms with Crippen molar-refractivity contribution in [2.75, 3.05) is 25.1 Å². The number of amides is 1. The van der Waals surface area contributed by atoms with Crippen LogP contribution in [-0.4, -0.2) is 67.8 Å². The number of methoxy groups -OCH3 is 1. The highest BCUT2D eigenvalue weighted by Gasteiger charge is 2.43. The summed E-state index contributed by atoms with van der Waals surface area (Å²) < 4.78 is 7.10. The van der Waals surface area contributed by atoms with Crippen molar-refractivity contribution < 1.29 is 9.53 Å². The predicted octanol–water partition coefficient (Wildman–Crippen LogP) is 1.87. The molecule has 0 aliphatic carbocycles. The molecule has 2 bridgehead atoms. The normalized spacial score (nSPS) is 20.5. The highest BCUT2D eigenvalue weighted by atomic mass is 16.5. The molecule has 2 aliphatic heterocycles. The van der Waals surface area contributed by atoms with Crippen molar-refractivity contribution in [3.8, 4) is 11.7 Å². The van der Waals surface area contributed by atoms with E-state index in [0.29, 0.717) is 30.4 Å². The van der Waals surface area contributed by atoms with Crippen LogP contribution in [0.4, 0.5) is 5.82 Å². The molecule has 0 saturated carbocycles. The number of piperazine rings is 1. The summed E-state index contributed by atoms with van der Waals surface area (Å²) in [5, 5.41) is 4.24. The molecule has 3 aromatic heterocycles. The van der Waals surface area contributed by atoms with Gasteiger partial charge >= 0.3 is 0 Å². The number of aryl methyl sites for hydroxylation is 1. The summed E-state index contributed by atoms with van der Waals surface area (Å²) in [7, 11) is 1.61. The van der Waals surface area contributed by atoms with E-state index in [1.54, 1.807) is 42.6 Å². The van der Waals surface area contributed by atoms with E-state index < -0.39 is 0 Å². The van der Waals surface area contributed by atoms with Crippen LogP contribution in [0, 0.1) is 6.92 Å². The quantitative estimate of drug-likeness (QED) is 0.655. The molecule has 5 rings (SSSR count). The first-order chi connectivity index (χ1) is 14.7. The van der Waals surface area contributed by atoms with E-state index in [4.69, 9.17) is 9.72 Å². The fraction of sp³-hybridized carbons (Fsp3) is 0.381. The second kappa shape index (κ2) is 7.40. The van der Waals surface area contributed by atoms with Gasteiger partial charge in [-0.05, 0) is 38.0 Å². The summed E-state index contributed by atoms with van der Waals surface area (Å²) in [5.41, 5.74) is 1.41. The molecule has 0 N–H and O–H groups in total. The lowest BCUT2D eigenvalue weighted by atomic mass is 10.1. The summed E-state index contributed by atoms with van der Waals surface area (Å²) in [6, 6.07) is 5.79. The van der Waals surface area contributed by atoms with Gasteiger partial charge in [0.15, 0.2) is 11.6 Å². The fourth-order valence-electron chi connectivity index (χ4n) is 4.49. The van der Waals surface area contributed by atoms with Crippen molar-refractivity contribution in [3.05, 3.63) is 54.2 Å². The van der Waals surface area contributed by atoms with E-state index in [2.05, 4.69) is 20.0 Å². The summed E-state index contributed by atoms with van der Waals surface area (Å²) in [6.07, 6.45) is 8.88. The standard InChI is InChI=1S/C21H23N7O2/c1-14-11-23-20(30-2)19(25-14)28-15-6-7-16(28)13-26(12-15)21(29)17-5-3-8-22-18(17)27-10-4-9-24-27/h3-5,8-11,15-16H,6-7,12-13H2,1-2H3. The molecule has 2 saturated heterocycles. The Bertz CT molecular complexity index is 1050. The summed E-state index contributed by atoms with van der Waals surface area (Å²) in [5.74, 6) is 1.84.